The fraction of sp³-hybridized carbons (Fsp3) is 0.600. The van der Waals surface area contributed by atoms with E-state index >= 15 is 0 Å². The molecule has 0 saturated carbocycles. The first-order valence-electron chi connectivity index (χ1n) is 4.67. The molecule has 1 unspecified atom stereocenters. The van der Waals surface area contributed by atoms with Gasteiger partial charge in [0.25, 0.3) is 0 Å². The molecule has 1 atom stereocenters. The van der Waals surface area contributed by atoms with E-state index in [9.17, 15) is 0 Å². The van der Waals surface area contributed by atoms with E-state index in [4.69, 9.17) is 20.8 Å². The standard InChI is InChI=1S/C10H16ClNO2/c1-7(2)13-6-8(12-3)9-4-5-10(11)14-9/h4-5,7-8,12H,6H2,1-3H3. The zero-order valence-corrected chi connectivity index (χ0v) is 9.47. The van der Waals surface area contributed by atoms with Crippen LogP contribution in [0.1, 0.15) is 25.6 Å². The highest BCUT2D eigenvalue weighted by Crippen LogP contribution is 2.20. The van der Waals surface area contributed by atoms with Crippen molar-refractivity contribution >= 4 is 11.6 Å². The van der Waals surface area contributed by atoms with Crippen LogP contribution in [0.4, 0.5) is 0 Å². The summed E-state index contributed by atoms with van der Waals surface area (Å²) in [6.07, 6.45) is 0.219. The summed E-state index contributed by atoms with van der Waals surface area (Å²) in [5, 5.41) is 3.52. The maximum Gasteiger partial charge on any atom is 0.193 e. The Hall–Kier alpha value is -0.510. The monoisotopic (exact) mass is 217 g/mol. The van der Waals surface area contributed by atoms with E-state index in [1.165, 1.54) is 0 Å². The lowest BCUT2D eigenvalue weighted by Crippen LogP contribution is -2.23. The number of likely N-dealkylation sites (N-methyl/N-ethyl adjacent to an activating group) is 1. The van der Waals surface area contributed by atoms with E-state index in [2.05, 4.69) is 5.32 Å². The van der Waals surface area contributed by atoms with Gasteiger partial charge in [-0.2, -0.15) is 0 Å². The first-order valence-corrected chi connectivity index (χ1v) is 5.05. The molecule has 1 heterocycles. The Bertz CT molecular complexity index is 273. The molecule has 4 heteroatoms. The molecule has 14 heavy (non-hydrogen) atoms. The van der Waals surface area contributed by atoms with Gasteiger partial charge < -0.3 is 14.5 Å². The van der Waals surface area contributed by atoms with Crippen LogP contribution in [0.3, 0.4) is 0 Å². The Morgan fingerprint density at radius 1 is 1.50 bits per heavy atom. The van der Waals surface area contributed by atoms with Crippen molar-refractivity contribution in [2.75, 3.05) is 13.7 Å². The summed E-state index contributed by atoms with van der Waals surface area (Å²) >= 11 is 5.69. The van der Waals surface area contributed by atoms with Crippen molar-refractivity contribution in [1.82, 2.24) is 5.32 Å². The molecule has 0 aliphatic carbocycles. The van der Waals surface area contributed by atoms with Gasteiger partial charge in [-0.3, -0.25) is 0 Å². The molecule has 1 aromatic rings. The minimum atomic E-state index is 0.0601. The third-order valence-corrected chi connectivity index (χ3v) is 2.09. The normalized spacial score (nSPS) is 13.5. The summed E-state index contributed by atoms with van der Waals surface area (Å²) in [5.41, 5.74) is 0. The highest BCUT2D eigenvalue weighted by molar-refractivity contribution is 6.28. The average molecular weight is 218 g/mol. The van der Waals surface area contributed by atoms with E-state index in [1.54, 1.807) is 6.07 Å². The SMILES string of the molecule is CNC(COC(C)C)c1ccc(Cl)o1. The summed E-state index contributed by atoms with van der Waals surface area (Å²) in [6, 6.07) is 3.65. The number of halogens is 1. The number of furan rings is 1. The molecule has 0 aliphatic rings. The maximum absolute atomic E-state index is 5.69. The van der Waals surface area contributed by atoms with E-state index in [-0.39, 0.29) is 12.1 Å². The molecule has 1 rings (SSSR count). The molecule has 0 bridgehead atoms. The van der Waals surface area contributed by atoms with Crippen molar-refractivity contribution in [1.29, 1.82) is 0 Å². The molecule has 0 aliphatic heterocycles. The van der Waals surface area contributed by atoms with Gasteiger partial charge in [0, 0.05) is 0 Å². The lowest BCUT2D eigenvalue weighted by Gasteiger charge is -2.15. The largest absolute Gasteiger partial charge is 0.448 e. The van der Waals surface area contributed by atoms with Crippen molar-refractivity contribution in [3.8, 4) is 0 Å². The van der Waals surface area contributed by atoms with Gasteiger partial charge in [-0.15, -0.1) is 0 Å². The van der Waals surface area contributed by atoms with Crippen LogP contribution in [0.15, 0.2) is 16.5 Å². The second-order valence-electron chi connectivity index (χ2n) is 3.37. The maximum atomic E-state index is 5.69. The molecule has 1 aromatic heterocycles. The molecular formula is C10H16ClNO2. The van der Waals surface area contributed by atoms with Gasteiger partial charge in [-0.25, -0.2) is 0 Å². The molecule has 0 aromatic carbocycles. The van der Waals surface area contributed by atoms with Crippen molar-refractivity contribution in [3.05, 3.63) is 23.1 Å². The summed E-state index contributed by atoms with van der Waals surface area (Å²) < 4.78 is 10.8. The zero-order valence-electron chi connectivity index (χ0n) is 8.71. The lowest BCUT2D eigenvalue weighted by atomic mass is 10.2. The summed E-state index contributed by atoms with van der Waals surface area (Å²) in [6.45, 7) is 4.58. The number of ether oxygens (including phenoxy) is 1. The molecule has 3 nitrogen and oxygen atoms in total. The first kappa shape index (κ1) is 11.6. The third-order valence-electron chi connectivity index (χ3n) is 1.88. The Kier molecular flexibility index (Phi) is 4.45. The highest BCUT2D eigenvalue weighted by Gasteiger charge is 2.13. The lowest BCUT2D eigenvalue weighted by molar-refractivity contribution is 0.0584. The average Bonchev–Trinajstić information content (AvgIpc) is 2.53. The van der Waals surface area contributed by atoms with Crippen LogP contribution < -0.4 is 5.32 Å². The van der Waals surface area contributed by atoms with Crippen molar-refractivity contribution in [2.45, 2.75) is 26.0 Å². The van der Waals surface area contributed by atoms with Gasteiger partial charge in [0.05, 0.1) is 18.8 Å². The Morgan fingerprint density at radius 2 is 2.21 bits per heavy atom. The zero-order chi connectivity index (χ0) is 10.6. The van der Waals surface area contributed by atoms with Crippen molar-refractivity contribution in [3.63, 3.8) is 0 Å². The van der Waals surface area contributed by atoms with Gasteiger partial charge in [-0.05, 0) is 44.6 Å². The summed E-state index contributed by atoms with van der Waals surface area (Å²) in [4.78, 5) is 0. The van der Waals surface area contributed by atoms with Gasteiger partial charge in [0.1, 0.15) is 5.76 Å². The number of nitrogens with one attached hydrogen (secondary N) is 1. The Labute approximate surface area is 89.4 Å². The fourth-order valence-corrected chi connectivity index (χ4v) is 1.26. The van der Waals surface area contributed by atoms with Gasteiger partial charge >= 0.3 is 0 Å². The van der Waals surface area contributed by atoms with Crippen LogP contribution in [0.2, 0.25) is 5.22 Å². The van der Waals surface area contributed by atoms with Crippen LogP contribution in [-0.2, 0) is 4.74 Å². The second kappa shape index (κ2) is 5.39. The van der Waals surface area contributed by atoms with Gasteiger partial charge in [0.2, 0.25) is 0 Å². The second-order valence-corrected chi connectivity index (χ2v) is 3.74. The number of hydrogen-bond donors (Lipinski definition) is 1. The predicted molar refractivity (Wildman–Crippen MR) is 56.6 cm³/mol. The Balaban J connectivity index is 2.54. The van der Waals surface area contributed by atoms with Crippen LogP contribution in [0, 0.1) is 0 Å². The quantitative estimate of drug-likeness (QED) is 0.824. The predicted octanol–water partition coefficient (Wildman–Crippen LogP) is 2.62. The van der Waals surface area contributed by atoms with E-state index < -0.39 is 0 Å². The van der Waals surface area contributed by atoms with Crippen LogP contribution >= 0.6 is 11.6 Å². The third kappa shape index (κ3) is 3.33. The molecule has 80 valence electrons. The molecule has 0 saturated heterocycles. The molecule has 0 spiro atoms. The van der Waals surface area contributed by atoms with Crippen LogP contribution in [0.25, 0.3) is 0 Å². The highest BCUT2D eigenvalue weighted by atomic mass is 35.5. The van der Waals surface area contributed by atoms with E-state index in [0.717, 1.165) is 5.76 Å². The minimum absolute atomic E-state index is 0.0601. The van der Waals surface area contributed by atoms with Gasteiger partial charge in [0.15, 0.2) is 5.22 Å². The van der Waals surface area contributed by atoms with Crippen molar-refractivity contribution < 1.29 is 9.15 Å². The molecular weight excluding hydrogens is 202 g/mol. The smallest absolute Gasteiger partial charge is 0.193 e. The molecule has 0 radical (unpaired) electrons. The van der Waals surface area contributed by atoms with Crippen LogP contribution in [-0.4, -0.2) is 19.8 Å². The van der Waals surface area contributed by atoms with Gasteiger partial charge in [-0.1, -0.05) is 0 Å². The Morgan fingerprint density at radius 3 is 2.64 bits per heavy atom. The fourth-order valence-electron chi connectivity index (χ4n) is 1.11. The number of hydrogen-bond acceptors (Lipinski definition) is 3. The summed E-state index contributed by atoms with van der Waals surface area (Å²) in [5.74, 6) is 0.804. The topological polar surface area (TPSA) is 34.4 Å². The first-order chi connectivity index (χ1) is 6.63. The summed E-state index contributed by atoms with van der Waals surface area (Å²) in [7, 11) is 1.87. The van der Waals surface area contributed by atoms with Crippen molar-refractivity contribution in [2.24, 2.45) is 0 Å². The van der Waals surface area contributed by atoms with E-state index in [1.807, 2.05) is 27.0 Å². The van der Waals surface area contributed by atoms with E-state index in [0.29, 0.717) is 11.8 Å². The molecule has 0 fully saturated rings. The molecule has 1 N–H and O–H groups in total. The number of rotatable bonds is 5. The van der Waals surface area contributed by atoms with Crippen LogP contribution in [0.5, 0.6) is 0 Å². The minimum Gasteiger partial charge on any atom is -0.448 e. The molecule has 0 amide bonds.